The number of anilines is 1. The van der Waals surface area contributed by atoms with E-state index in [9.17, 15) is 13.2 Å². The Morgan fingerprint density at radius 2 is 1.59 bits per heavy atom. The number of benzene rings is 3. The lowest BCUT2D eigenvalue weighted by atomic mass is 10.1. The first kappa shape index (κ1) is 21.4. The maximum absolute atomic E-state index is 12.3. The Morgan fingerprint density at radius 1 is 0.931 bits per heavy atom. The molecule has 0 bridgehead atoms. The Bertz CT molecular complexity index is 1130. The highest BCUT2D eigenvalue weighted by Crippen LogP contribution is 2.31. The number of hydrogen-bond donors (Lipinski definition) is 1. The highest BCUT2D eigenvalue weighted by atomic mass is 35.5. The highest BCUT2D eigenvalue weighted by molar-refractivity contribution is 7.91. The van der Waals surface area contributed by atoms with Crippen LogP contribution >= 0.6 is 23.2 Å². The van der Waals surface area contributed by atoms with E-state index in [1.165, 1.54) is 12.1 Å². The van der Waals surface area contributed by atoms with Crippen molar-refractivity contribution in [2.45, 2.75) is 18.2 Å². The van der Waals surface area contributed by atoms with Crippen LogP contribution < -0.4 is 5.32 Å². The molecule has 0 saturated carbocycles. The van der Waals surface area contributed by atoms with Gasteiger partial charge in [-0.2, -0.15) is 0 Å². The van der Waals surface area contributed by atoms with Gasteiger partial charge in [0.15, 0.2) is 9.84 Å². The molecule has 0 aromatic heterocycles. The summed E-state index contributed by atoms with van der Waals surface area (Å²) in [6.07, 6.45) is 0.147. The van der Waals surface area contributed by atoms with E-state index < -0.39 is 9.84 Å². The number of halogens is 2. The monoisotopic (exact) mass is 447 g/mol. The van der Waals surface area contributed by atoms with Crippen molar-refractivity contribution in [1.29, 1.82) is 0 Å². The van der Waals surface area contributed by atoms with Gasteiger partial charge in [-0.05, 0) is 53.6 Å². The lowest BCUT2D eigenvalue weighted by Crippen LogP contribution is -2.14. The summed E-state index contributed by atoms with van der Waals surface area (Å²) in [7, 11) is -3.24. The first-order valence-electron chi connectivity index (χ1n) is 8.95. The van der Waals surface area contributed by atoms with E-state index in [-0.39, 0.29) is 23.0 Å². The molecule has 0 aliphatic carbocycles. The Balaban J connectivity index is 1.66. The van der Waals surface area contributed by atoms with Gasteiger partial charge in [0, 0.05) is 21.3 Å². The minimum absolute atomic E-state index is 0.0449. The SMILES string of the molecule is CCS(=O)(=O)c1ccc(CC(=O)Nc2ccc(-c3cc(Cl)ccc3Cl)cc2)cc1. The van der Waals surface area contributed by atoms with Gasteiger partial charge in [-0.3, -0.25) is 4.79 Å². The first-order valence-corrected chi connectivity index (χ1v) is 11.4. The molecule has 0 fully saturated rings. The molecule has 7 heteroatoms. The van der Waals surface area contributed by atoms with Crippen molar-refractivity contribution in [2.24, 2.45) is 0 Å². The van der Waals surface area contributed by atoms with E-state index in [0.29, 0.717) is 15.7 Å². The molecule has 3 rings (SSSR count). The fourth-order valence-electron chi connectivity index (χ4n) is 2.82. The van der Waals surface area contributed by atoms with E-state index in [2.05, 4.69) is 5.32 Å². The van der Waals surface area contributed by atoms with Crippen molar-refractivity contribution in [3.05, 3.63) is 82.3 Å². The van der Waals surface area contributed by atoms with Crippen molar-refractivity contribution in [1.82, 2.24) is 0 Å². The second kappa shape index (κ2) is 8.99. The Kier molecular flexibility index (Phi) is 6.63. The fourth-order valence-corrected chi connectivity index (χ4v) is 4.11. The first-order chi connectivity index (χ1) is 13.8. The standard InChI is InChI=1S/C22H19Cl2NO3S/c1-2-29(27,28)19-10-3-15(4-11-19)13-22(26)25-18-8-5-16(6-9-18)20-14-17(23)7-12-21(20)24/h3-12,14H,2,13H2,1H3,(H,25,26). The van der Waals surface area contributed by atoms with Crippen LogP contribution in [0, 0.1) is 0 Å². The van der Waals surface area contributed by atoms with Crippen LogP contribution in [-0.2, 0) is 21.1 Å². The molecule has 0 saturated heterocycles. The molecule has 0 aliphatic heterocycles. The number of hydrogen-bond acceptors (Lipinski definition) is 3. The summed E-state index contributed by atoms with van der Waals surface area (Å²) in [5, 5.41) is 4.03. The van der Waals surface area contributed by atoms with Crippen LogP contribution in [0.3, 0.4) is 0 Å². The average molecular weight is 448 g/mol. The van der Waals surface area contributed by atoms with Crippen LogP contribution in [0.15, 0.2) is 71.6 Å². The van der Waals surface area contributed by atoms with Crippen molar-refractivity contribution in [2.75, 3.05) is 11.1 Å². The molecule has 0 heterocycles. The molecule has 1 N–H and O–H groups in total. The molecule has 29 heavy (non-hydrogen) atoms. The number of carbonyl (C=O) groups excluding carboxylic acids is 1. The van der Waals surface area contributed by atoms with E-state index in [4.69, 9.17) is 23.2 Å². The fraction of sp³-hybridized carbons (Fsp3) is 0.136. The molecule has 3 aromatic rings. The van der Waals surface area contributed by atoms with Crippen molar-refractivity contribution in [3.63, 3.8) is 0 Å². The number of sulfone groups is 1. The zero-order chi connectivity index (χ0) is 21.0. The molecule has 150 valence electrons. The smallest absolute Gasteiger partial charge is 0.228 e. The quantitative estimate of drug-likeness (QED) is 0.531. The van der Waals surface area contributed by atoms with Gasteiger partial charge in [0.1, 0.15) is 0 Å². The lowest BCUT2D eigenvalue weighted by molar-refractivity contribution is -0.115. The third kappa shape index (κ3) is 5.38. The molecule has 3 aromatic carbocycles. The maximum atomic E-state index is 12.3. The molecule has 0 unspecified atom stereocenters. The summed E-state index contributed by atoms with van der Waals surface area (Å²) in [5.41, 5.74) is 3.10. The van der Waals surface area contributed by atoms with Gasteiger partial charge in [-0.25, -0.2) is 8.42 Å². The molecular weight excluding hydrogens is 429 g/mol. The predicted molar refractivity (Wildman–Crippen MR) is 118 cm³/mol. The van der Waals surface area contributed by atoms with Crippen molar-refractivity contribution >= 4 is 44.6 Å². The average Bonchev–Trinajstić information content (AvgIpc) is 2.71. The number of amides is 1. The second-order valence-corrected chi connectivity index (χ2v) is 9.60. The van der Waals surface area contributed by atoms with E-state index in [0.717, 1.165) is 16.7 Å². The summed E-state index contributed by atoms with van der Waals surface area (Å²) in [5.74, 6) is -0.145. The van der Waals surface area contributed by atoms with Crippen LogP contribution in [0.5, 0.6) is 0 Å². The van der Waals surface area contributed by atoms with Gasteiger partial charge < -0.3 is 5.32 Å². The second-order valence-electron chi connectivity index (χ2n) is 6.47. The summed E-state index contributed by atoms with van der Waals surface area (Å²) in [4.78, 5) is 12.6. The van der Waals surface area contributed by atoms with Crippen molar-refractivity contribution < 1.29 is 13.2 Å². The van der Waals surface area contributed by atoms with Crippen LogP contribution in [0.2, 0.25) is 10.0 Å². The highest BCUT2D eigenvalue weighted by Gasteiger charge is 2.12. The van der Waals surface area contributed by atoms with E-state index in [1.54, 1.807) is 49.4 Å². The largest absolute Gasteiger partial charge is 0.326 e. The Labute approximate surface area is 180 Å². The molecule has 4 nitrogen and oxygen atoms in total. The zero-order valence-electron chi connectivity index (χ0n) is 15.7. The van der Waals surface area contributed by atoms with E-state index in [1.807, 2.05) is 12.1 Å². The Hall–Kier alpha value is -2.34. The lowest BCUT2D eigenvalue weighted by Gasteiger charge is -2.09. The number of carbonyl (C=O) groups is 1. The Morgan fingerprint density at radius 3 is 2.21 bits per heavy atom. The normalized spacial score (nSPS) is 11.3. The summed E-state index contributed by atoms with van der Waals surface area (Å²) in [6, 6.07) is 18.9. The van der Waals surface area contributed by atoms with Crippen LogP contribution in [0.1, 0.15) is 12.5 Å². The van der Waals surface area contributed by atoms with E-state index >= 15 is 0 Å². The summed E-state index contributed by atoms with van der Waals surface area (Å²) in [6.45, 7) is 1.60. The number of nitrogens with one attached hydrogen (secondary N) is 1. The van der Waals surface area contributed by atoms with Gasteiger partial charge >= 0.3 is 0 Å². The topological polar surface area (TPSA) is 63.2 Å². The van der Waals surface area contributed by atoms with Gasteiger partial charge in [0.25, 0.3) is 0 Å². The van der Waals surface area contributed by atoms with Gasteiger partial charge in [-0.1, -0.05) is 54.4 Å². The summed E-state index contributed by atoms with van der Waals surface area (Å²) < 4.78 is 23.7. The van der Waals surface area contributed by atoms with Crippen LogP contribution in [0.4, 0.5) is 5.69 Å². The van der Waals surface area contributed by atoms with Gasteiger partial charge in [0.05, 0.1) is 17.1 Å². The third-order valence-electron chi connectivity index (χ3n) is 4.44. The summed E-state index contributed by atoms with van der Waals surface area (Å²) >= 11 is 12.3. The third-order valence-corrected chi connectivity index (χ3v) is 6.75. The molecule has 0 spiro atoms. The van der Waals surface area contributed by atoms with Crippen LogP contribution in [-0.4, -0.2) is 20.1 Å². The molecule has 1 amide bonds. The molecule has 0 atom stereocenters. The minimum Gasteiger partial charge on any atom is -0.326 e. The number of rotatable bonds is 6. The molecule has 0 radical (unpaired) electrons. The van der Waals surface area contributed by atoms with Crippen molar-refractivity contribution in [3.8, 4) is 11.1 Å². The molecule has 0 aliphatic rings. The van der Waals surface area contributed by atoms with Crippen LogP contribution in [0.25, 0.3) is 11.1 Å². The maximum Gasteiger partial charge on any atom is 0.228 e. The predicted octanol–water partition coefficient (Wildman–Crippen LogP) is 5.64. The zero-order valence-corrected chi connectivity index (χ0v) is 18.0. The minimum atomic E-state index is -3.24. The molecular formula is C22H19Cl2NO3S. The van der Waals surface area contributed by atoms with Gasteiger partial charge in [0.2, 0.25) is 5.91 Å². The van der Waals surface area contributed by atoms with Gasteiger partial charge in [-0.15, -0.1) is 0 Å².